The molecule has 0 saturated heterocycles. The SMILES string of the molecule is CCNC(C)c1cccc(NC(=O)NC(C)CCOC)c1. The number of amides is 2. The number of hydrogen-bond acceptors (Lipinski definition) is 3. The number of ether oxygens (including phenoxy) is 1. The van der Waals surface area contributed by atoms with Crippen LogP contribution in [0.1, 0.15) is 38.8 Å². The molecular weight excluding hydrogens is 266 g/mol. The second kappa shape index (κ2) is 9.37. The highest BCUT2D eigenvalue weighted by molar-refractivity contribution is 5.89. The van der Waals surface area contributed by atoms with Gasteiger partial charge in [-0.05, 0) is 44.5 Å². The summed E-state index contributed by atoms with van der Waals surface area (Å²) in [7, 11) is 1.66. The molecule has 1 aromatic rings. The van der Waals surface area contributed by atoms with E-state index in [4.69, 9.17) is 4.74 Å². The molecular formula is C16H27N3O2. The Hall–Kier alpha value is -1.59. The van der Waals surface area contributed by atoms with Gasteiger partial charge in [-0.15, -0.1) is 0 Å². The Labute approximate surface area is 127 Å². The molecule has 2 amide bonds. The molecule has 118 valence electrons. The third-order valence-electron chi connectivity index (χ3n) is 3.29. The van der Waals surface area contributed by atoms with Crippen LogP contribution in [0.5, 0.6) is 0 Å². The molecule has 1 rings (SSSR count). The van der Waals surface area contributed by atoms with Crippen LogP contribution in [0.3, 0.4) is 0 Å². The van der Waals surface area contributed by atoms with Gasteiger partial charge < -0.3 is 20.7 Å². The molecule has 0 bridgehead atoms. The molecule has 0 saturated carbocycles. The molecule has 1 aromatic carbocycles. The van der Waals surface area contributed by atoms with Crippen molar-refractivity contribution in [3.8, 4) is 0 Å². The highest BCUT2D eigenvalue weighted by atomic mass is 16.5. The van der Waals surface area contributed by atoms with Crippen molar-refractivity contribution < 1.29 is 9.53 Å². The second-order valence-electron chi connectivity index (χ2n) is 5.19. The molecule has 0 aliphatic heterocycles. The first-order valence-electron chi connectivity index (χ1n) is 7.46. The highest BCUT2D eigenvalue weighted by Crippen LogP contribution is 2.17. The van der Waals surface area contributed by atoms with E-state index in [-0.39, 0.29) is 18.1 Å². The average Bonchev–Trinajstić information content (AvgIpc) is 2.45. The first-order chi connectivity index (χ1) is 10.1. The zero-order valence-corrected chi connectivity index (χ0v) is 13.4. The normalized spacial score (nSPS) is 13.5. The van der Waals surface area contributed by atoms with Crippen LogP contribution in [0.2, 0.25) is 0 Å². The van der Waals surface area contributed by atoms with Gasteiger partial charge in [-0.3, -0.25) is 0 Å². The first kappa shape index (κ1) is 17.5. The van der Waals surface area contributed by atoms with E-state index in [2.05, 4.69) is 35.9 Å². The summed E-state index contributed by atoms with van der Waals surface area (Å²) in [6.45, 7) is 7.69. The minimum atomic E-state index is -0.188. The Morgan fingerprint density at radius 1 is 1.33 bits per heavy atom. The van der Waals surface area contributed by atoms with Crippen LogP contribution in [0, 0.1) is 0 Å². The van der Waals surface area contributed by atoms with Gasteiger partial charge in [-0.1, -0.05) is 19.1 Å². The van der Waals surface area contributed by atoms with Crippen molar-refractivity contribution >= 4 is 11.7 Å². The van der Waals surface area contributed by atoms with E-state index in [0.717, 1.165) is 24.2 Å². The molecule has 5 heteroatoms. The summed E-state index contributed by atoms with van der Waals surface area (Å²) >= 11 is 0. The van der Waals surface area contributed by atoms with Gasteiger partial charge in [0, 0.05) is 31.5 Å². The van der Waals surface area contributed by atoms with Gasteiger partial charge in [0.1, 0.15) is 0 Å². The number of carbonyl (C=O) groups is 1. The van der Waals surface area contributed by atoms with Crippen LogP contribution in [0.15, 0.2) is 24.3 Å². The number of methoxy groups -OCH3 is 1. The quantitative estimate of drug-likeness (QED) is 0.690. The zero-order chi connectivity index (χ0) is 15.7. The van der Waals surface area contributed by atoms with E-state index in [1.165, 1.54) is 0 Å². The van der Waals surface area contributed by atoms with Gasteiger partial charge in [-0.25, -0.2) is 4.79 Å². The summed E-state index contributed by atoms with van der Waals surface area (Å²) < 4.78 is 5.00. The third kappa shape index (κ3) is 6.60. The standard InChI is InChI=1S/C16H27N3O2/c1-5-17-13(3)14-7-6-8-15(11-14)19-16(20)18-12(2)9-10-21-4/h6-8,11-13,17H,5,9-10H2,1-4H3,(H2,18,19,20). The monoisotopic (exact) mass is 293 g/mol. The van der Waals surface area contributed by atoms with Crippen molar-refractivity contribution in [3.05, 3.63) is 29.8 Å². The van der Waals surface area contributed by atoms with Crippen LogP contribution < -0.4 is 16.0 Å². The lowest BCUT2D eigenvalue weighted by Crippen LogP contribution is -2.36. The van der Waals surface area contributed by atoms with E-state index in [9.17, 15) is 4.79 Å². The van der Waals surface area contributed by atoms with Gasteiger partial charge >= 0.3 is 6.03 Å². The van der Waals surface area contributed by atoms with E-state index in [1.54, 1.807) is 7.11 Å². The summed E-state index contributed by atoms with van der Waals surface area (Å²) in [4.78, 5) is 11.9. The predicted octanol–water partition coefficient (Wildman–Crippen LogP) is 2.90. The predicted molar refractivity (Wildman–Crippen MR) is 86.6 cm³/mol. The van der Waals surface area contributed by atoms with Crippen LogP contribution in [0.25, 0.3) is 0 Å². The Morgan fingerprint density at radius 3 is 2.76 bits per heavy atom. The van der Waals surface area contributed by atoms with Gasteiger partial charge in [0.2, 0.25) is 0 Å². The molecule has 0 spiro atoms. The smallest absolute Gasteiger partial charge is 0.319 e. The van der Waals surface area contributed by atoms with Crippen LogP contribution in [-0.2, 0) is 4.74 Å². The minimum Gasteiger partial charge on any atom is -0.385 e. The van der Waals surface area contributed by atoms with Gasteiger partial charge in [-0.2, -0.15) is 0 Å². The van der Waals surface area contributed by atoms with Crippen LogP contribution in [-0.4, -0.2) is 32.3 Å². The maximum absolute atomic E-state index is 11.9. The molecule has 0 aromatic heterocycles. The van der Waals surface area contributed by atoms with Crippen molar-refractivity contribution in [3.63, 3.8) is 0 Å². The van der Waals surface area contributed by atoms with Crippen LogP contribution >= 0.6 is 0 Å². The summed E-state index contributed by atoms with van der Waals surface area (Å²) in [5.74, 6) is 0. The van der Waals surface area contributed by atoms with Gasteiger partial charge in [0.25, 0.3) is 0 Å². The Morgan fingerprint density at radius 2 is 2.10 bits per heavy atom. The number of nitrogens with one attached hydrogen (secondary N) is 3. The van der Waals surface area contributed by atoms with E-state index >= 15 is 0 Å². The summed E-state index contributed by atoms with van der Waals surface area (Å²) in [6, 6.07) is 8.04. The number of anilines is 1. The Kier molecular flexibility index (Phi) is 7.79. The third-order valence-corrected chi connectivity index (χ3v) is 3.29. The first-order valence-corrected chi connectivity index (χ1v) is 7.46. The highest BCUT2D eigenvalue weighted by Gasteiger charge is 2.09. The molecule has 0 aliphatic rings. The number of benzene rings is 1. The molecule has 2 unspecified atom stereocenters. The molecule has 2 atom stereocenters. The lowest BCUT2D eigenvalue weighted by Gasteiger charge is -2.16. The van der Waals surface area contributed by atoms with Crippen molar-refractivity contribution in [2.45, 2.75) is 39.3 Å². The lowest BCUT2D eigenvalue weighted by molar-refractivity contribution is 0.185. The summed E-state index contributed by atoms with van der Waals surface area (Å²) in [5, 5.41) is 9.11. The average molecular weight is 293 g/mol. The molecule has 0 radical (unpaired) electrons. The molecule has 0 fully saturated rings. The number of carbonyl (C=O) groups excluding carboxylic acids is 1. The van der Waals surface area contributed by atoms with Gasteiger partial charge in [0.15, 0.2) is 0 Å². The summed E-state index contributed by atoms with van der Waals surface area (Å²) in [6.07, 6.45) is 0.793. The molecule has 0 aliphatic carbocycles. The number of rotatable bonds is 8. The fourth-order valence-electron chi connectivity index (χ4n) is 2.07. The number of urea groups is 1. The Balaban J connectivity index is 2.54. The van der Waals surface area contributed by atoms with Gasteiger partial charge in [0.05, 0.1) is 0 Å². The van der Waals surface area contributed by atoms with Crippen molar-refractivity contribution in [1.82, 2.24) is 10.6 Å². The maximum Gasteiger partial charge on any atom is 0.319 e. The fraction of sp³-hybridized carbons (Fsp3) is 0.562. The molecule has 3 N–H and O–H groups in total. The fourth-order valence-corrected chi connectivity index (χ4v) is 2.07. The van der Waals surface area contributed by atoms with E-state index < -0.39 is 0 Å². The van der Waals surface area contributed by atoms with Crippen molar-refractivity contribution in [2.24, 2.45) is 0 Å². The topological polar surface area (TPSA) is 62.4 Å². The Bertz CT molecular complexity index is 437. The number of hydrogen-bond donors (Lipinski definition) is 3. The molecule has 0 heterocycles. The van der Waals surface area contributed by atoms with E-state index in [0.29, 0.717) is 6.61 Å². The minimum absolute atomic E-state index is 0.0776. The molecule has 21 heavy (non-hydrogen) atoms. The summed E-state index contributed by atoms with van der Waals surface area (Å²) in [5.41, 5.74) is 1.95. The largest absolute Gasteiger partial charge is 0.385 e. The van der Waals surface area contributed by atoms with Crippen LogP contribution in [0.4, 0.5) is 10.5 Å². The molecule has 5 nitrogen and oxygen atoms in total. The van der Waals surface area contributed by atoms with E-state index in [1.807, 2.05) is 25.1 Å². The second-order valence-corrected chi connectivity index (χ2v) is 5.19. The zero-order valence-electron chi connectivity index (χ0n) is 13.4. The van der Waals surface area contributed by atoms with Crippen molar-refractivity contribution in [1.29, 1.82) is 0 Å². The van der Waals surface area contributed by atoms with Crippen molar-refractivity contribution in [2.75, 3.05) is 25.6 Å². The maximum atomic E-state index is 11.9. The lowest BCUT2D eigenvalue weighted by atomic mass is 10.1.